The van der Waals surface area contributed by atoms with E-state index in [1.807, 2.05) is 54.2 Å². The number of nitrogens with zero attached hydrogens (tertiary/aromatic N) is 5. The molecule has 3 N–H and O–H groups in total. The number of hydrogen-bond acceptors (Lipinski definition) is 15. The van der Waals surface area contributed by atoms with Gasteiger partial charge in [-0.1, -0.05) is 0 Å². The second kappa shape index (κ2) is 36.1. The van der Waals surface area contributed by atoms with Crippen LogP contribution in [-0.2, 0) is 23.8 Å². The predicted octanol–water partition coefficient (Wildman–Crippen LogP) is 8.54. The number of aliphatic hydroxyl groups excluding tert-OH is 2. The van der Waals surface area contributed by atoms with Crippen LogP contribution in [0.15, 0.2) is 36.4 Å². The Balaban J connectivity index is 0.000000361. The Kier molecular flexibility index (Phi) is 30.7. The Labute approximate surface area is 507 Å². The molecule has 4 atom stereocenters. The van der Waals surface area contributed by atoms with Crippen molar-refractivity contribution in [2.75, 3.05) is 94.3 Å². The van der Waals surface area contributed by atoms with Gasteiger partial charge in [0.2, 0.25) is 11.8 Å². The van der Waals surface area contributed by atoms with Gasteiger partial charge in [0.15, 0.2) is 23.0 Å². The topological polar surface area (TPSA) is 219 Å². The van der Waals surface area contributed by atoms with Crippen LogP contribution in [-0.4, -0.2) is 213 Å². The van der Waals surface area contributed by atoms with Crippen LogP contribution >= 0.6 is 12.4 Å². The fourth-order valence-electron chi connectivity index (χ4n) is 11.1. The zero-order chi connectivity index (χ0) is 60.6. The number of likely N-dealkylation sites (tertiary alicyclic amines) is 1. The summed E-state index contributed by atoms with van der Waals surface area (Å²) in [6.45, 7) is 18.1. The smallest absolute Gasteiger partial charge is 0.410 e. The first kappa shape index (κ1) is 71.4. The van der Waals surface area contributed by atoms with Crippen molar-refractivity contribution in [3.8, 4) is 23.0 Å². The first-order valence-corrected chi connectivity index (χ1v) is 30.6. The Bertz CT molecular complexity index is 2320. The van der Waals surface area contributed by atoms with Crippen molar-refractivity contribution in [3.05, 3.63) is 47.5 Å². The number of carbonyl (C=O) groups excluding carboxylic acids is 5. The van der Waals surface area contributed by atoms with Crippen molar-refractivity contribution >= 4 is 42.1 Å². The van der Waals surface area contributed by atoms with Gasteiger partial charge in [-0.15, -0.1) is 12.4 Å². The van der Waals surface area contributed by atoms with Gasteiger partial charge in [0.1, 0.15) is 5.60 Å². The summed E-state index contributed by atoms with van der Waals surface area (Å²) in [4.78, 5) is 76.3. The lowest BCUT2D eigenvalue weighted by Crippen LogP contribution is -2.58. The highest BCUT2D eigenvalue weighted by Gasteiger charge is 2.41. The van der Waals surface area contributed by atoms with Crippen LogP contribution in [0, 0.1) is 0 Å². The Morgan fingerprint density at radius 2 is 1.05 bits per heavy atom. The molecule has 2 saturated heterocycles. The lowest BCUT2D eigenvalue weighted by atomic mass is 9.93. The average Bonchev–Trinajstić information content (AvgIpc) is 4.58. The summed E-state index contributed by atoms with van der Waals surface area (Å²) < 4.78 is 38.8. The van der Waals surface area contributed by atoms with Crippen molar-refractivity contribution in [1.82, 2.24) is 29.8 Å². The van der Waals surface area contributed by atoms with Gasteiger partial charge in [0, 0.05) is 146 Å². The number of piperidine rings is 2. The summed E-state index contributed by atoms with van der Waals surface area (Å²) in [7, 11) is 6.46. The molecular formula is C63H103ClN6O14. The summed E-state index contributed by atoms with van der Waals surface area (Å²) in [6.07, 6.45) is 11.7. The molecule has 2 aromatic carbocycles. The molecule has 0 unspecified atom stereocenters. The standard InChI is InChI=1S/C34H55N3O8.C29H47N3O6.ClH/c1-24(2)37(32(40)25-11-16-29(43-7)30(22-25)44-21-9-20-42-6)28-15-14-27(36(23-28)33(41)45-34(3,4)5)17-18-35(26-12-13-26)31(39)10-8-19-38;1-21(2)32(29(35)22-8-13-26(37-4)27(19-22)38-18-6-17-36-3)25-10-9-23(30-20-25)14-15-31(24-11-12-24)28(34)7-5-16-33;/h11,16,22,24,26-28,38H,8-10,12-15,17-21,23H2,1-7H3;8,13,19,21,23-25,30,33H,5-7,9-12,14-18,20H2,1-4H3;1H/t27-,28-;23-,25-;/m11./s1. The van der Waals surface area contributed by atoms with Gasteiger partial charge in [0.25, 0.3) is 11.8 Å². The van der Waals surface area contributed by atoms with Crippen LogP contribution in [0.2, 0.25) is 0 Å². The number of amides is 5. The molecule has 0 aromatic heterocycles. The third-order valence-electron chi connectivity index (χ3n) is 15.6. The molecule has 2 heterocycles. The van der Waals surface area contributed by atoms with Crippen molar-refractivity contribution < 1.29 is 67.3 Å². The molecule has 2 aliphatic carbocycles. The largest absolute Gasteiger partial charge is 0.493 e. The van der Waals surface area contributed by atoms with E-state index in [0.717, 1.165) is 64.5 Å². The monoisotopic (exact) mass is 1200 g/mol. The van der Waals surface area contributed by atoms with Gasteiger partial charge in [-0.3, -0.25) is 19.2 Å². The highest BCUT2D eigenvalue weighted by atomic mass is 35.5. The van der Waals surface area contributed by atoms with Crippen LogP contribution in [0.25, 0.3) is 0 Å². The van der Waals surface area contributed by atoms with E-state index in [2.05, 4.69) is 19.2 Å². The second-order valence-corrected chi connectivity index (χ2v) is 24.0. The molecule has 2 aliphatic heterocycles. The second-order valence-electron chi connectivity index (χ2n) is 24.0. The summed E-state index contributed by atoms with van der Waals surface area (Å²) in [5.74, 6) is 2.28. The summed E-state index contributed by atoms with van der Waals surface area (Å²) >= 11 is 0. The van der Waals surface area contributed by atoms with Gasteiger partial charge < -0.3 is 73.2 Å². The molecule has 20 nitrogen and oxygen atoms in total. The highest BCUT2D eigenvalue weighted by molar-refractivity contribution is 5.96. The maximum atomic E-state index is 14.1. The van der Waals surface area contributed by atoms with Gasteiger partial charge in [-0.05, 0) is 162 Å². The molecule has 0 bridgehead atoms. The number of hydrogen-bond donors (Lipinski definition) is 3. The third-order valence-corrected chi connectivity index (χ3v) is 15.6. The minimum atomic E-state index is -0.675. The number of rotatable bonds is 32. The molecule has 2 saturated carbocycles. The van der Waals surface area contributed by atoms with Crippen molar-refractivity contribution in [1.29, 1.82) is 0 Å². The Hall–Kier alpha value is -5.12. The SMILES string of the molecule is COCCCOc1cc(C(=O)N(C(C)C)[C@@H]2CC[C@H](CCN(C(=O)CCCO)C3CC3)N(C(=O)OC(C)(C)C)C2)ccc1OC.COCCCOc1cc(C(=O)N(C(C)C)[C@@H]2CC[C@H](CCN(C(=O)CCCO)C3CC3)NC2)ccc1OC.Cl. The van der Waals surface area contributed by atoms with Crippen molar-refractivity contribution in [3.63, 3.8) is 0 Å². The Morgan fingerprint density at radius 1 is 0.595 bits per heavy atom. The fraction of sp³-hybridized carbons (Fsp3) is 0.730. The van der Waals surface area contributed by atoms with Crippen molar-refractivity contribution in [2.45, 2.75) is 205 Å². The molecule has 4 fully saturated rings. The van der Waals surface area contributed by atoms with Crippen LogP contribution in [0.1, 0.15) is 172 Å². The first-order valence-electron chi connectivity index (χ1n) is 30.6. The quantitative estimate of drug-likeness (QED) is 0.0585. The van der Waals surface area contributed by atoms with Gasteiger partial charge in [-0.25, -0.2) is 4.79 Å². The van der Waals surface area contributed by atoms with E-state index in [9.17, 15) is 29.1 Å². The molecule has 0 spiro atoms. The molecular weight excluding hydrogens is 1100 g/mol. The van der Waals surface area contributed by atoms with Crippen LogP contribution in [0.5, 0.6) is 23.0 Å². The lowest BCUT2D eigenvalue weighted by molar-refractivity contribution is -0.133. The summed E-state index contributed by atoms with van der Waals surface area (Å²) in [5.41, 5.74) is 0.397. The normalized spacial score (nSPS) is 18.6. The number of methoxy groups -OCH3 is 4. The molecule has 0 radical (unpaired) electrons. The third kappa shape index (κ3) is 22.3. The number of benzene rings is 2. The van der Waals surface area contributed by atoms with Gasteiger partial charge in [-0.2, -0.15) is 0 Å². The fourth-order valence-corrected chi connectivity index (χ4v) is 11.1. The van der Waals surface area contributed by atoms with Crippen LogP contribution < -0.4 is 24.3 Å². The van der Waals surface area contributed by atoms with E-state index >= 15 is 0 Å². The van der Waals surface area contributed by atoms with E-state index in [0.29, 0.717) is 137 Å². The maximum absolute atomic E-state index is 14.1. The van der Waals surface area contributed by atoms with Crippen LogP contribution in [0.3, 0.4) is 0 Å². The van der Waals surface area contributed by atoms with E-state index < -0.39 is 11.7 Å². The zero-order valence-electron chi connectivity index (χ0n) is 52.4. The van der Waals surface area contributed by atoms with E-state index in [4.69, 9.17) is 38.3 Å². The molecule has 476 valence electrons. The molecule has 84 heavy (non-hydrogen) atoms. The van der Waals surface area contributed by atoms with E-state index in [1.54, 1.807) is 69.7 Å². The molecule has 6 rings (SSSR count). The number of carbonyl (C=O) groups is 5. The molecule has 21 heteroatoms. The minimum absolute atomic E-state index is 0. The zero-order valence-corrected chi connectivity index (χ0v) is 53.2. The van der Waals surface area contributed by atoms with Gasteiger partial charge >= 0.3 is 6.09 Å². The lowest BCUT2D eigenvalue weighted by Gasteiger charge is -2.45. The Morgan fingerprint density at radius 3 is 1.45 bits per heavy atom. The summed E-state index contributed by atoms with van der Waals surface area (Å²) in [5, 5.41) is 21.9. The number of aliphatic hydroxyl groups is 2. The highest BCUT2D eigenvalue weighted by Crippen LogP contribution is 2.35. The first-order chi connectivity index (χ1) is 39.8. The van der Waals surface area contributed by atoms with Crippen molar-refractivity contribution in [2.24, 2.45) is 0 Å². The molecule has 5 amide bonds. The van der Waals surface area contributed by atoms with E-state index in [1.165, 1.54) is 0 Å². The van der Waals surface area contributed by atoms with Gasteiger partial charge in [0.05, 0.1) is 33.5 Å². The summed E-state index contributed by atoms with van der Waals surface area (Å²) in [6, 6.07) is 11.2. The maximum Gasteiger partial charge on any atom is 0.410 e. The average molecular weight is 1200 g/mol. The number of ether oxygens (including phenoxy) is 7. The molecule has 2 aromatic rings. The van der Waals surface area contributed by atoms with E-state index in [-0.39, 0.29) is 85.5 Å². The molecule has 4 aliphatic rings. The number of halogens is 1. The minimum Gasteiger partial charge on any atom is -0.493 e. The number of nitrogens with one attached hydrogen (secondary N) is 1. The van der Waals surface area contributed by atoms with Crippen LogP contribution in [0.4, 0.5) is 4.79 Å². The predicted molar refractivity (Wildman–Crippen MR) is 326 cm³/mol.